The van der Waals surface area contributed by atoms with Crippen LogP contribution in [0, 0.1) is 15.9 Å². The molecule has 138 valence electrons. The van der Waals surface area contributed by atoms with E-state index in [0.29, 0.717) is 12.1 Å². The number of rotatable bonds is 4. The lowest BCUT2D eigenvalue weighted by Crippen LogP contribution is -2.30. The van der Waals surface area contributed by atoms with Crippen molar-refractivity contribution < 1.29 is 9.31 Å². The minimum absolute atomic E-state index is 0.0701. The lowest BCUT2D eigenvalue weighted by atomic mass is 10.0. The highest BCUT2D eigenvalue weighted by atomic mass is 19.1. The first-order valence-electron chi connectivity index (χ1n) is 9.00. The van der Waals surface area contributed by atoms with Gasteiger partial charge in [0, 0.05) is 49.2 Å². The van der Waals surface area contributed by atoms with Crippen LogP contribution in [0.25, 0.3) is 0 Å². The van der Waals surface area contributed by atoms with E-state index in [2.05, 4.69) is 9.47 Å². The number of aryl methyl sites for hydroxylation is 1. The van der Waals surface area contributed by atoms with Gasteiger partial charge in [-0.15, -0.1) is 0 Å². The van der Waals surface area contributed by atoms with Crippen molar-refractivity contribution in [2.75, 3.05) is 6.54 Å². The minimum Gasteiger partial charge on any atom is -0.350 e. The zero-order valence-electron chi connectivity index (χ0n) is 14.8. The molecule has 0 spiro atoms. The van der Waals surface area contributed by atoms with E-state index in [-0.39, 0.29) is 22.5 Å². The van der Waals surface area contributed by atoms with Crippen LogP contribution in [0.4, 0.5) is 10.1 Å². The molecule has 1 atom stereocenters. The largest absolute Gasteiger partial charge is 0.350 e. The Morgan fingerprint density at radius 1 is 1.07 bits per heavy atom. The van der Waals surface area contributed by atoms with Gasteiger partial charge in [-0.25, -0.2) is 4.39 Å². The molecule has 0 aliphatic carbocycles. The molecule has 1 aliphatic rings. The Morgan fingerprint density at radius 2 is 1.93 bits per heavy atom. The van der Waals surface area contributed by atoms with Crippen molar-refractivity contribution in [3.05, 3.63) is 99.6 Å². The number of halogens is 1. The third-order valence-electron chi connectivity index (χ3n) is 5.08. The van der Waals surface area contributed by atoms with Crippen LogP contribution < -0.4 is 0 Å². The fourth-order valence-electron chi connectivity index (χ4n) is 3.85. The van der Waals surface area contributed by atoms with Gasteiger partial charge in [-0.05, 0) is 30.2 Å². The summed E-state index contributed by atoms with van der Waals surface area (Å²) in [6.45, 7) is 2.11. The van der Waals surface area contributed by atoms with E-state index in [9.17, 15) is 14.5 Å². The van der Waals surface area contributed by atoms with Crippen LogP contribution in [-0.2, 0) is 13.1 Å². The fourth-order valence-corrected chi connectivity index (χ4v) is 3.85. The zero-order chi connectivity index (χ0) is 18.8. The molecule has 0 saturated carbocycles. The number of nitro groups is 1. The Balaban J connectivity index is 1.78. The normalized spacial score (nSPS) is 17.3. The average molecular weight is 365 g/mol. The van der Waals surface area contributed by atoms with Crippen molar-refractivity contribution in [2.24, 2.45) is 0 Å². The van der Waals surface area contributed by atoms with E-state index in [1.807, 2.05) is 30.5 Å². The SMILES string of the molecule is O=[N+]([O-])c1cccc([C@H]2c3cccn3CCCN2Cc2ccccc2F)c1. The molecular formula is C21H20FN3O2. The van der Waals surface area contributed by atoms with Gasteiger partial charge < -0.3 is 4.57 Å². The van der Waals surface area contributed by atoms with E-state index in [4.69, 9.17) is 0 Å². The van der Waals surface area contributed by atoms with Crippen molar-refractivity contribution in [2.45, 2.75) is 25.6 Å². The van der Waals surface area contributed by atoms with Gasteiger partial charge >= 0.3 is 0 Å². The number of hydrogen-bond acceptors (Lipinski definition) is 3. The molecule has 0 amide bonds. The lowest BCUT2D eigenvalue weighted by molar-refractivity contribution is -0.384. The molecular weight excluding hydrogens is 345 g/mol. The summed E-state index contributed by atoms with van der Waals surface area (Å²) in [5.74, 6) is -0.227. The molecule has 0 saturated heterocycles. The number of nitrogens with zero attached hydrogens (tertiary/aromatic N) is 3. The molecule has 6 heteroatoms. The number of non-ortho nitro benzene ring substituents is 1. The van der Waals surface area contributed by atoms with E-state index in [0.717, 1.165) is 30.8 Å². The van der Waals surface area contributed by atoms with Crippen LogP contribution in [0.3, 0.4) is 0 Å². The quantitative estimate of drug-likeness (QED) is 0.504. The molecule has 0 radical (unpaired) electrons. The minimum atomic E-state index is -0.375. The second-order valence-electron chi connectivity index (χ2n) is 6.80. The topological polar surface area (TPSA) is 51.3 Å². The van der Waals surface area contributed by atoms with Crippen LogP contribution >= 0.6 is 0 Å². The van der Waals surface area contributed by atoms with Gasteiger partial charge in [-0.3, -0.25) is 15.0 Å². The standard InChI is InChI=1S/C21H20FN3O2/c22-19-9-2-1-6-17(19)15-24-13-5-12-23-11-4-10-20(23)21(24)16-7-3-8-18(14-16)25(26)27/h1-4,6-11,14,21H,5,12-13,15H2/t21-/m0/s1. The Kier molecular flexibility index (Phi) is 4.73. The first-order valence-corrected chi connectivity index (χ1v) is 9.00. The van der Waals surface area contributed by atoms with Gasteiger partial charge in [-0.1, -0.05) is 30.3 Å². The maximum Gasteiger partial charge on any atom is 0.269 e. The van der Waals surface area contributed by atoms with Gasteiger partial charge in [0.05, 0.1) is 11.0 Å². The molecule has 0 fully saturated rings. The molecule has 0 N–H and O–H groups in total. The molecule has 1 aliphatic heterocycles. The van der Waals surface area contributed by atoms with E-state index < -0.39 is 0 Å². The number of nitro benzene ring substituents is 1. The number of hydrogen-bond donors (Lipinski definition) is 0. The predicted octanol–water partition coefficient (Wildman–Crippen LogP) is 4.53. The van der Waals surface area contributed by atoms with Crippen molar-refractivity contribution in [1.82, 2.24) is 9.47 Å². The average Bonchev–Trinajstić information content (AvgIpc) is 3.05. The lowest BCUT2D eigenvalue weighted by Gasteiger charge is -2.30. The molecule has 4 rings (SSSR count). The molecule has 2 aromatic carbocycles. The van der Waals surface area contributed by atoms with Crippen LogP contribution in [0.5, 0.6) is 0 Å². The van der Waals surface area contributed by atoms with Crippen molar-refractivity contribution >= 4 is 5.69 Å². The Bertz CT molecular complexity index is 969. The van der Waals surface area contributed by atoms with Gasteiger partial charge in [0.15, 0.2) is 0 Å². The molecule has 1 aromatic heterocycles. The van der Waals surface area contributed by atoms with Crippen LogP contribution in [0.1, 0.15) is 29.3 Å². The Hall–Kier alpha value is -2.99. The van der Waals surface area contributed by atoms with Crippen LogP contribution in [0.2, 0.25) is 0 Å². The summed E-state index contributed by atoms with van der Waals surface area (Å²) < 4.78 is 16.4. The molecule has 27 heavy (non-hydrogen) atoms. The van der Waals surface area contributed by atoms with Crippen LogP contribution in [0.15, 0.2) is 66.9 Å². The van der Waals surface area contributed by atoms with Crippen molar-refractivity contribution in [3.8, 4) is 0 Å². The number of benzene rings is 2. The first kappa shape index (κ1) is 17.4. The van der Waals surface area contributed by atoms with E-state index >= 15 is 0 Å². The van der Waals surface area contributed by atoms with Gasteiger partial charge in [0.2, 0.25) is 0 Å². The van der Waals surface area contributed by atoms with E-state index in [1.165, 1.54) is 12.1 Å². The van der Waals surface area contributed by atoms with Crippen molar-refractivity contribution in [1.29, 1.82) is 0 Å². The highest BCUT2D eigenvalue weighted by molar-refractivity contribution is 5.39. The first-order chi connectivity index (χ1) is 13.1. The smallest absolute Gasteiger partial charge is 0.269 e. The fraction of sp³-hybridized carbons (Fsp3) is 0.238. The van der Waals surface area contributed by atoms with Crippen LogP contribution in [-0.4, -0.2) is 20.9 Å². The summed E-state index contributed by atoms with van der Waals surface area (Å²) in [7, 11) is 0. The number of aromatic nitrogens is 1. The van der Waals surface area contributed by atoms with Gasteiger partial charge in [0.25, 0.3) is 5.69 Å². The predicted molar refractivity (Wildman–Crippen MR) is 101 cm³/mol. The highest BCUT2D eigenvalue weighted by Gasteiger charge is 2.28. The third-order valence-corrected chi connectivity index (χ3v) is 5.08. The summed E-state index contributed by atoms with van der Waals surface area (Å²) in [5, 5.41) is 11.3. The maximum absolute atomic E-state index is 14.3. The summed E-state index contributed by atoms with van der Waals surface area (Å²) in [6, 6.07) is 17.4. The maximum atomic E-state index is 14.3. The summed E-state index contributed by atoms with van der Waals surface area (Å²) in [6.07, 6.45) is 2.97. The molecule has 2 heterocycles. The Labute approximate surface area is 156 Å². The highest BCUT2D eigenvalue weighted by Crippen LogP contribution is 2.34. The molecule has 0 bridgehead atoms. The molecule has 0 unspecified atom stereocenters. The van der Waals surface area contributed by atoms with Crippen molar-refractivity contribution in [3.63, 3.8) is 0 Å². The monoisotopic (exact) mass is 365 g/mol. The summed E-state index contributed by atoms with van der Waals surface area (Å²) in [4.78, 5) is 13.1. The summed E-state index contributed by atoms with van der Waals surface area (Å²) >= 11 is 0. The second-order valence-corrected chi connectivity index (χ2v) is 6.80. The summed E-state index contributed by atoms with van der Waals surface area (Å²) in [5.41, 5.74) is 2.63. The Morgan fingerprint density at radius 3 is 2.74 bits per heavy atom. The zero-order valence-corrected chi connectivity index (χ0v) is 14.8. The molecule has 3 aromatic rings. The van der Waals surface area contributed by atoms with Gasteiger partial charge in [0.1, 0.15) is 5.82 Å². The third kappa shape index (κ3) is 3.48. The second kappa shape index (κ2) is 7.32. The number of fused-ring (bicyclic) bond motifs is 1. The van der Waals surface area contributed by atoms with E-state index in [1.54, 1.807) is 24.3 Å². The molecule has 5 nitrogen and oxygen atoms in total. The van der Waals surface area contributed by atoms with Gasteiger partial charge in [-0.2, -0.15) is 0 Å².